The van der Waals surface area contributed by atoms with Gasteiger partial charge >= 0.3 is 12.1 Å². The zero-order valence-electron chi connectivity index (χ0n) is 33.6. The highest BCUT2D eigenvalue weighted by molar-refractivity contribution is 6.40. The van der Waals surface area contributed by atoms with Crippen LogP contribution < -0.4 is 0 Å². The van der Waals surface area contributed by atoms with E-state index >= 15 is 0 Å². The second kappa shape index (κ2) is 24.4. The van der Waals surface area contributed by atoms with Gasteiger partial charge in [0.1, 0.15) is 12.6 Å². The Morgan fingerprint density at radius 3 is 1.33 bits per heavy atom. The first-order valence-electron chi connectivity index (χ1n) is 20.1. The van der Waals surface area contributed by atoms with Gasteiger partial charge in [0.25, 0.3) is 23.6 Å². The minimum atomic E-state index is -0.984. The molecule has 6 amide bonds. The highest BCUT2D eigenvalue weighted by Crippen LogP contribution is 2.53. The number of carbonyl (C=O) groups is 8. The van der Waals surface area contributed by atoms with Gasteiger partial charge in [0.05, 0.1) is 17.5 Å². The van der Waals surface area contributed by atoms with Crippen LogP contribution in [0.5, 0.6) is 0 Å². The van der Waals surface area contributed by atoms with E-state index in [9.17, 15) is 38.4 Å². The monoisotopic (exact) mass is 860 g/mol. The molecule has 3 saturated heterocycles. The molecule has 8 rings (SSSR count). The van der Waals surface area contributed by atoms with E-state index in [0.29, 0.717) is 22.0 Å². The number of hydrogen-bond acceptors (Lipinski definition) is 14. The van der Waals surface area contributed by atoms with Gasteiger partial charge in [-0.1, -0.05) is 38.0 Å². The first-order chi connectivity index (χ1) is 27.6. The number of aliphatic hydroxyl groups is 2. The maximum atomic E-state index is 11.4. The maximum absolute atomic E-state index is 11.4. The fourth-order valence-electron chi connectivity index (χ4n) is 7.32. The molecule has 58 heavy (non-hydrogen) atoms. The van der Waals surface area contributed by atoms with E-state index in [0.717, 1.165) is 55.3 Å². The van der Waals surface area contributed by atoms with Crippen molar-refractivity contribution in [2.75, 3.05) is 31.5 Å². The number of amides is 6. The van der Waals surface area contributed by atoms with Crippen LogP contribution in [0.15, 0.2) is 12.2 Å². The van der Waals surface area contributed by atoms with Gasteiger partial charge in [0.2, 0.25) is 11.8 Å². The van der Waals surface area contributed by atoms with E-state index in [4.69, 9.17) is 38.2 Å². The number of halogens is 2. The van der Waals surface area contributed by atoms with Crippen LogP contribution in [-0.4, -0.2) is 128 Å². The maximum Gasteiger partial charge on any atom is 0.534 e. The number of fused-ring (bicyclic) bond motifs is 2. The summed E-state index contributed by atoms with van der Waals surface area (Å²) in [4.78, 5) is 102. The third-order valence-electron chi connectivity index (χ3n) is 10.8. The van der Waals surface area contributed by atoms with Gasteiger partial charge in [0, 0.05) is 38.5 Å². The van der Waals surface area contributed by atoms with Gasteiger partial charge in [-0.15, -0.1) is 28.3 Å². The molecule has 0 aromatic rings. The third kappa shape index (κ3) is 16.2. The van der Waals surface area contributed by atoms with Crippen LogP contribution in [0.1, 0.15) is 111 Å². The van der Waals surface area contributed by atoms with Crippen LogP contribution in [-0.2, 0) is 48.0 Å². The normalized spacial score (nSPS) is 27.2. The van der Waals surface area contributed by atoms with Crippen LogP contribution in [0, 0.1) is 23.7 Å². The lowest BCUT2D eigenvalue weighted by Crippen LogP contribution is -2.39. The lowest BCUT2D eigenvalue weighted by molar-refractivity contribution is -0.198. The van der Waals surface area contributed by atoms with Crippen LogP contribution >= 0.6 is 23.2 Å². The molecular weight excluding hydrogens is 803 g/mol. The first-order valence-corrected chi connectivity index (χ1v) is 21.2. The molecule has 7 fully saturated rings. The average molecular weight is 862 g/mol. The SMILES string of the molecule is CCN(CC)CC.ClCCl.O=C(CN1C(=O)CCC1=O)ON1C(=O)CCC1=O.O=C(OC1C[C@@H]2C[C@@H]2C1)ON1C(=O)CCC1=O.OC1CC=CC1.OC1C[C@@H]2C[C@@H]2C1. The summed E-state index contributed by atoms with van der Waals surface area (Å²) in [5.41, 5.74) is 0. The van der Waals surface area contributed by atoms with Gasteiger partial charge in [-0.05, 0) is 94.7 Å². The fourth-order valence-corrected chi connectivity index (χ4v) is 7.32. The first kappa shape index (κ1) is 48.7. The van der Waals surface area contributed by atoms with E-state index in [2.05, 4.69) is 35.3 Å². The van der Waals surface area contributed by atoms with Crippen molar-refractivity contribution in [1.82, 2.24) is 19.9 Å². The molecule has 0 spiro atoms. The molecule has 8 aliphatic rings. The fraction of sp³-hybridized carbons (Fsp3) is 0.744. The third-order valence-corrected chi connectivity index (χ3v) is 10.8. The number of aliphatic hydroxyl groups excluding tert-OH is 2. The van der Waals surface area contributed by atoms with Crippen LogP contribution in [0.25, 0.3) is 0 Å². The van der Waals surface area contributed by atoms with E-state index in [1.54, 1.807) is 0 Å². The van der Waals surface area contributed by atoms with Gasteiger partial charge in [0.15, 0.2) is 0 Å². The van der Waals surface area contributed by atoms with Crippen molar-refractivity contribution < 1.29 is 63.0 Å². The lowest BCUT2D eigenvalue weighted by Gasteiger charge is -2.16. The van der Waals surface area contributed by atoms with Crippen LogP contribution in [0.3, 0.4) is 0 Å². The van der Waals surface area contributed by atoms with E-state index in [1.165, 1.54) is 32.5 Å². The van der Waals surface area contributed by atoms with Gasteiger partial charge in [-0.3, -0.25) is 38.5 Å². The number of rotatable bonds is 8. The Bertz CT molecular complexity index is 1370. The summed E-state index contributed by atoms with van der Waals surface area (Å²) >= 11 is 9.53. The highest BCUT2D eigenvalue weighted by atomic mass is 35.5. The zero-order chi connectivity index (χ0) is 42.9. The molecule has 6 atom stereocenters. The second-order valence-corrected chi connectivity index (χ2v) is 15.8. The van der Waals surface area contributed by atoms with Crippen molar-refractivity contribution >= 4 is 70.8 Å². The number of hydroxylamine groups is 4. The van der Waals surface area contributed by atoms with E-state index in [-0.39, 0.29) is 62.2 Å². The number of hydrogen-bond donors (Lipinski definition) is 2. The molecule has 0 aromatic carbocycles. The van der Waals surface area contributed by atoms with Crippen molar-refractivity contribution in [3.8, 4) is 0 Å². The number of nitrogens with zero attached hydrogens (tertiary/aromatic N) is 4. The predicted molar refractivity (Wildman–Crippen MR) is 208 cm³/mol. The minimum absolute atomic E-state index is 0.00626. The summed E-state index contributed by atoms with van der Waals surface area (Å²) in [6.45, 7) is 9.55. The van der Waals surface area contributed by atoms with E-state index < -0.39 is 54.1 Å². The van der Waals surface area contributed by atoms with Gasteiger partial charge in [-0.25, -0.2) is 9.59 Å². The Morgan fingerprint density at radius 1 is 0.621 bits per heavy atom. The predicted octanol–water partition coefficient (Wildman–Crippen LogP) is 3.99. The summed E-state index contributed by atoms with van der Waals surface area (Å²) in [5.74, 6) is -0.813. The van der Waals surface area contributed by atoms with Crippen molar-refractivity contribution in [3.63, 3.8) is 0 Å². The van der Waals surface area contributed by atoms with Crippen molar-refractivity contribution in [1.29, 1.82) is 0 Å². The number of carbonyl (C=O) groups excluding carboxylic acids is 8. The number of ether oxygens (including phenoxy) is 1. The van der Waals surface area contributed by atoms with Crippen molar-refractivity contribution in [2.24, 2.45) is 23.7 Å². The lowest BCUT2D eigenvalue weighted by atomic mass is 10.2. The molecule has 3 aliphatic heterocycles. The molecular formula is C39H58Cl2N4O13. The summed E-state index contributed by atoms with van der Waals surface area (Å²) < 4.78 is 5.06. The number of imide groups is 3. The largest absolute Gasteiger partial charge is 0.534 e. The van der Waals surface area contributed by atoms with E-state index in [1.807, 2.05) is 12.2 Å². The highest BCUT2D eigenvalue weighted by Gasteiger charge is 2.48. The average Bonchev–Trinajstić information content (AvgIpc) is 3.55. The molecule has 326 valence electrons. The Hall–Kier alpha value is -3.64. The topological polar surface area (TPSA) is 218 Å². The zero-order valence-corrected chi connectivity index (χ0v) is 35.1. The summed E-state index contributed by atoms with van der Waals surface area (Å²) in [6.07, 6.45) is 11.6. The van der Waals surface area contributed by atoms with Crippen LogP contribution in [0.4, 0.5) is 4.79 Å². The standard InChI is InChI=1S/C11H13NO5.C10H10N2O6.C6H15N.C6H10O.C5H8O.CH2Cl2/c13-9-1-2-10(14)12(9)17-11(15)16-8-4-6-3-7(6)5-8;13-6-1-2-7(14)11(6)5-10(17)18-12-8(15)3-4-9(12)16;1-4-7(5-2)6-3;7-6-2-4-1-5(4)3-6;6-5-3-1-2-4-5;2-1-3/h6-8H,1-5H2;1-5H2;4-6H2,1-3H3;4-7H,1-3H2;1-2,5-6H,3-4H2;1H2/t6-,7+,8?;;;4-,5+,6?;;. The van der Waals surface area contributed by atoms with Crippen LogP contribution in [0.2, 0.25) is 0 Å². The Labute approximate surface area is 349 Å². The van der Waals surface area contributed by atoms with Gasteiger partial charge in [-0.2, -0.15) is 0 Å². The summed E-state index contributed by atoms with van der Waals surface area (Å²) in [5, 5.41) is 18.7. The molecule has 5 aliphatic carbocycles. The molecule has 4 saturated carbocycles. The smallest absolute Gasteiger partial charge is 0.429 e. The Kier molecular flexibility index (Phi) is 20.5. The van der Waals surface area contributed by atoms with Gasteiger partial charge < -0.3 is 24.7 Å². The summed E-state index contributed by atoms with van der Waals surface area (Å²) in [6, 6.07) is 0. The van der Waals surface area contributed by atoms with Crippen molar-refractivity contribution in [2.45, 2.75) is 129 Å². The Balaban J connectivity index is 0.000000205. The molecule has 0 aromatic heterocycles. The molecule has 19 heteroatoms. The molecule has 0 bridgehead atoms. The minimum Gasteiger partial charge on any atom is -0.429 e. The molecule has 3 heterocycles. The second-order valence-electron chi connectivity index (χ2n) is 15.0. The van der Waals surface area contributed by atoms with Crippen molar-refractivity contribution in [3.05, 3.63) is 12.2 Å². The molecule has 2 unspecified atom stereocenters. The molecule has 17 nitrogen and oxygen atoms in total. The molecule has 2 N–H and O–H groups in total. The quantitative estimate of drug-likeness (QED) is 0.153. The number of likely N-dealkylation sites (tertiary alicyclic amines) is 1. The number of alkyl halides is 2. The Morgan fingerprint density at radius 2 is 1.00 bits per heavy atom. The molecule has 0 radical (unpaired) electrons. The summed E-state index contributed by atoms with van der Waals surface area (Å²) in [7, 11) is 0.